The van der Waals surface area contributed by atoms with Crippen LogP contribution in [0.4, 0.5) is 14.5 Å². The fourth-order valence-corrected chi connectivity index (χ4v) is 2.43. The maximum Gasteiger partial charge on any atom is 0.282 e. The van der Waals surface area contributed by atoms with Gasteiger partial charge in [-0.25, -0.2) is 18.4 Å². The lowest BCUT2D eigenvalue weighted by molar-refractivity contribution is 0.0999. The van der Waals surface area contributed by atoms with Gasteiger partial charge in [-0.3, -0.25) is 4.79 Å². The highest BCUT2D eigenvalue weighted by Gasteiger charge is 2.25. The van der Waals surface area contributed by atoms with Gasteiger partial charge in [0.15, 0.2) is 5.69 Å². The van der Waals surface area contributed by atoms with E-state index >= 15 is 0 Å². The maximum absolute atomic E-state index is 13.0. The van der Waals surface area contributed by atoms with E-state index in [1.54, 1.807) is 30.6 Å². The third-order valence-electron chi connectivity index (χ3n) is 3.95. The number of halogens is 2. The van der Waals surface area contributed by atoms with Crippen LogP contribution in [0, 0.1) is 13.8 Å². The number of carbonyl (C=O) groups excluding carboxylic acids is 1. The first-order valence-electron chi connectivity index (χ1n) is 7.48. The van der Waals surface area contributed by atoms with Crippen molar-refractivity contribution in [1.82, 2.24) is 24.5 Å². The highest BCUT2D eigenvalue weighted by molar-refractivity contribution is 6.03. The minimum Gasteiger partial charge on any atom is -0.321 e. The second-order valence-electron chi connectivity index (χ2n) is 5.53. The van der Waals surface area contributed by atoms with Crippen molar-refractivity contribution in [3.63, 3.8) is 0 Å². The van der Waals surface area contributed by atoms with Crippen LogP contribution in [-0.2, 0) is 7.05 Å². The van der Waals surface area contributed by atoms with Crippen LogP contribution in [0.5, 0.6) is 0 Å². The van der Waals surface area contributed by atoms with Crippen LogP contribution in [0.25, 0.3) is 5.69 Å². The molecule has 0 aliphatic rings. The fraction of sp³-hybridized carbons (Fsp3) is 0.250. The van der Waals surface area contributed by atoms with Crippen molar-refractivity contribution in [3.05, 3.63) is 53.4 Å². The van der Waals surface area contributed by atoms with E-state index in [2.05, 4.69) is 20.6 Å². The van der Waals surface area contributed by atoms with Gasteiger partial charge in [-0.05, 0) is 38.1 Å². The summed E-state index contributed by atoms with van der Waals surface area (Å²) in [6.07, 6.45) is -1.12. The molecule has 9 heteroatoms. The van der Waals surface area contributed by atoms with E-state index in [0.717, 1.165) is 21.8 Å². The SMILES string of the molecule is Cc1ncn(-c2ccc(NC(=O)c3nnn(C)c3C(F)F)cc2)c1C. The number of aryl methyl sites for hydroxylation is 2. The minimum atomic E-state index is -2.84. The molecule has 0 saturated carbocycles. The third kappa shape index (κ3) is 3.12. The summed E-state index contributed by atoms with van der Waals surface area (Å²) in [7, 11) is 1.31. The molecule has 1 amide bonds. The Morgan fingerprint density at radius 3 is 2.44 bits per heavy atom. The van der Waals surface area contributed by atoms with Gasteiger partial charge in [0.2, 0.25) is 0 Å². The van der Waals surface area contributed by atoms with Crippen LogP contribution < -0.4 is 5.32 Å². The van der Waals surface area contributed by atoms with E-state index in [9.17, 15) is 13.6 Å². The highest BCUT2D eigenvalue weighted by Crippen LogP contribution is 2.22. The molecule has 1 aromatic carbocycles. The molecule has 7 nitrogen and oxygen atoms in total. The van der Waals surface area contributed by atoms with Gasteiger partial charge in [0.25, 0.3) is 12.3 Å². The number of benzene rings is 1. The molecule has 0 saturated heterocycles. The molecular weight excluding hydrogens is 330 g/mol. The number of imidazole rings is 1. The largest absolute Gasteiger partial charge is 0.321 e. The van der Waals surface area contributed by atoms with E-state index in [-0.39, 0.29) is 5.69 Å². The number of rotatable bonds is 4. The summed E-state index contributed by atoms with van der Waals surface area (Å²) in [5.74, 6) is -0.731. The summed E-state index contributed by atoms with van der Waals surface area (Å²) in [6.45, 7) is 3.87. The molecule has 0 bridgehead atoms. The number of alkyl halides is 2. The van der Waals surface area contributed by atoms with Gasteiger partial charge in [0, 0.05) is 24.1 Å². The standard InChI is InChI=1S/C16H16F2N6O/c1-9-10(2)24(8-19-9)12-6-4-11(5-7-12)20-16(25)13-14(15(17)18)23(3)22-21-13/h4-8,15H,1-3H3,(H,20,25). The van der Waals surface area contributed by atoms with Crippen molar-refractivity contribution >= 4 is 11.6 Å². The van der Waals surface area contributed by atoms with E-state index in [1.165, 1.54) is 7.05 Å². The zero-order chi connectivity index (χ0) is 18.1. The molecule has 3 rings (SSSR count). The second kappa shape index (κ2) is 6.42. The first kappa shape index (κ1) is 16.7. The van der Waals surface area contributed by atoms with E-state index < -0.39 is 18.0 Å². The third-order valence-corrected chi connectivity index (χ3v) is 3.95. The molecule has 2 aromatic heterocycles. The average molecular weight is 346 g/mol. The number of aromatic nitrogens is 5. The molecule has 0 radical (unpaired) electrons. The average Bonchev–Trinajstić information content (AvgIpc) is 3.12. The lowest BCUT2D eigenvalue weighted by Gasteiger charge is -2.08. The molecule has 0 fully saturated rings. The van der Waals surface area contributed by atoms with Crippen molar-refractivity contribution in [2.45, 2.75) is 20.3 Å². The lowest BCUT2D eigenvalue weighted by atomic mass is 10.2. The summed E-state index contributed by atoms with van der Waals surface area (Å²) in [5, 5.41) is 9.56. The summed E-state index contributed by atoms with van der Waals surface area (Å²) >= 11 is 0. The molecular formula is C16H16F2N6O. The van der Waals surface area contributed by atoms with E-state index in [1.807, 2.05) is 18.4 Å². The van der Waals surface area contributed by atoms with Crippen LogP contribution >= 0.6 is 0 Å². The smallest absolute Gasteiger partial charge is 0.282 e. The predicted molar refractivity (Wildman–Crippen MR) is 87.0 cm³/mol. The number of anilines is 1. The van der Waals surface area contributed by atoms with Crippen LogP contribution in [-0.4, -0.2) is 30.5 Å². The van der Waals surface area contributed by atoms with Crippen molar-refractivity contribution in [2.24, 2.45) is 7.05 Å². The highest BCUT2D eigenvalue weighted by atomic mass is 19.3. The number of nitrogens with zero attached hydrogens (tertiary/aromatic N) is 5. The zero-order valence-electron chi connectivity index (χ0n) is 13.9. The predicted octanol–water partition coefficient (Wildman–Crippen LogP) is 2.81. The lowest BCUT2D eigenvalue weighted by Crippen LogP contribution is -2.15. The van der Waals surface area contributed by atoms with Gasteiger partial charge >= 0.3 is 0 Å². The topological polar surface area (TPSA) is 77.6 Å². The van der Waals surface area contributed by atoms with E-state index in [4.69, 9.17) is 0 Å². The molecule has 130 valence electrons. The van der Waals surface area contributed by atoms with Gasteiger partial charge in [0.1, 0.15) is 5.69 Å². The zero-order valence-corrected chi connectivity index (χ0v) is 13.9. The summed E-state index contributed by atoms with van der Waals surface area (Å²) in [6, 6.07) is 6.96. The van der Waals surface area contributed by atoms with Gasteiger partial charge in [-0.15, -0.1) is 5.10 Å². The number of hydrogen-bond acceptors (Lipinski definition) is 4. The molecule has 1 N–H and O–H groups in total. The molecule has 0 aliphatic heterocycles. The van der Waals surface area contributed by atoms with Crippen LogP contribution in [0.1, 0.15) is 34.0 Å². The molecule has 3 aromatic rings. The van der Waals surface area contributed by atoms with E-state index in [0.29, 0.717) is 5.69 Å². The Balaban J connectivity index is 1.80. The normalized spacial score (nSPS) is 11.1. The molecule has 0 aliphatic carbocycles. The summed E-state index contributed by atoms with van der Waals surface area (Å²) < 4.78 is 28.8. The van der Waals surface area contributed by atoms with Crippen molar-refractivity contribution in [1.29, 1.82) is 0 Å². The van der Waals surface area contributed by atoms with Crippen LogP contribution in [0.3, 0.4) is 0 Å². The minimum absolute atomic E-state index is 0.386. The Morgan fingerprint density at radius 2 is 1.88 bits per heavy atom. The first-order valence-corrected chi connectivity index (χ1v) is 7.48. The van der Waals surface area contributed by atoms with Gasteiger partial charge < -0.3 is 9.88 Å². The van der Waals surface area contributed by atoms with Gasteiger partial charge in [-0.2, -0.15) is 0 Å². The monoisotopic (exact) mass is 346 g/mol. The Kier molecular flexibility index (Phi) is 4.30. The van der Waals surface area contributed by atoms with Crippen molar-refractivity contribution < 1.29 is 13.6 Å². The van der Waals surface area contributed by atoms with Crippen molar-refractivity contribution in [2.75, 3.05) is 5.32 Å². The fourth-order valence-electron chi connectivity index (χ4n) is 2.43. The number of carbonyl (C=O) groups is 1. The van der Waals surface area contributed by atoms with Crippen LogP contribution in [0.2, 0.25) is 0 Å². The molecule has 2 heterocycles. The molecule has 0 unspecified atom stereocenters. The number of amides is 1. The Labute approximate surface area is 142 Å². The maximum atomic E-state index is 13.0. The number of nitrogens with one attached hydrogen (secondary N) is 1. The molecule has 0 spiro atoms. The van der Waals surface area contributed by atoms with Crippen LogP contribution in [0.15, 0.2) is 30.6 Å². The Hall–Kier alpha value is -3.10. The molecule has 25 heavy (non-hydrogen) atoms. The Bertz CT molecular complexity index is 913. The van der Waals surface area contributed by atoms with Crippen molar-refractivity contribution in [3.8, 4) is 5.69 Å². The summed E-state index contributed by atoms with van der Waals surface area (Å²) in [4.78, 5) is 16.4. The quantitative estimate of drug-likeness (QED) is 0.788. The second-order valence-corrected chi connectivity index (χ2v) is 5.53. The summed E-state index contributed by atoms with van der Waals surface area (Å²) in [5.41, 5.74) is 2.39. The Morgan fingerprint density at radius 1 is 1.20 bits per heavy atom. The first-order chi connectivity index (χ1) is 11.9. The molecule has 0 atom stereocenters. The van der Waals surface area contributed by atoms with Gasteiger partial charge in [0.05, 0.1) is 12.0 Å². The number of hydrogen-bond donors (Lipinski definition) is 1. The van der Waals surface area contributed by atoms with Gasteiger partial charge in [-0.1, -0.05) is 5.21 Å².